The molecule has 0 saturated heterocycles. The van der Waals surface area contributed by atoms with Gasteiger partial charge in [-0.3, -0.25) is 4.72 Å². The Labute approximate surface area is 193 Å². The molecule has 1 aliphatic carbocycles. The van der Waals surface area contributed by atoms with E-state index in [-0.39, 0.29) is 5.75 Å². The van der Waals surface area contributed by atoms with E-state index in [9.17, 15) is 13.7 Å². The number of benzene rings is 2. The molecule has 0 spiro atoms. The minimum Gasteiger partial charge on any atom is -0.497 e. The predicted molar refractivity (Wildman–Crippen MR) is 132 cm³/mol. The summed E-state index contributed by atoms with van der Waals surface area (Å²) in [6.45, 7) is 1.59. The van der Waals surface area contributed by atoms with Crippen LogP contribution in [0.15, 0.2) is 54.6 Å². The number of hydrogen-bond acceptors (Lipinski definition) is 4. The van der Waals surface area contributed by atoms with Gasteiger partial charge < -0.3 is 9.30 Å². The molecular formula is C26H25N3O3S. The second-order valence-corrected chi connectivity index (χ2v) is 9.79. The molecule has 1 aromatic heterocycles. The van der Waals surface area contributed by atoms with Crippen molar-refractivity contribution in [3.8, 4) is 23.1 Å². The summed E-state index contributed by atoms with van der Waals surface area (Å²) in [6, 6.07) is 17.4. The summed E-state index contributed by atoms with van der Waals surface area (Å²) in [7, 11) is 0.254. The molecule has 1 aliphatic rings. The number of anilines is 1. The van der Waals surface area contributed by atoms with Gasteiger partial charge in [-0.2, -0.15) is 5.26 Å². The molecule has 6 nitrogen and oxygen atoms in total. The largest absolute Gasteiger partial charge is 0.497 e. The third kappa shape index (κ3) is 4.43. The van der Waals surface area contributed by atoms with Gasteiger partial charge in [-0.25, -0.2) is 8.42 Å². The molecule has 33 heavy (non-hydrogen) atoms. The summed E-state index contributed by atoms with van der Waals surface area (Å²) in [5, 5.41) is 11.9. The minimum atomic E-state index is -3.34. The van der Waals surface area contributed by atoms with E-state index < -0.39 is 10.0 Å². The Balaban J connectivity index is 1.77. The zero-order chi connectivity index (χ0) is 23.6. The maximum absolute atomic E-state index is 11.8. The second-order valence-electron chi connectivity index (χ2n) is 7.77. The highest BCUT2D eigenvalue weighted by Crippen LogP contribution is 2.26. The van der Waals surface area contributed by atoms with E-state index in [1.165, 1.54) is 0 Å². The molecule has 0 bridgehead atoms. The smallest absolute Gasteiger partial charge is 0.232 e. The van der Waals surface area contributed by atoms with Crippen LogP contribution in [0.2, 0.25) is 0 Å². The molecular weight excluding hydrogens is 434 g/mol. The fraction of sp³-hybridized carbons (Fsp3) is 0.192. The van der Waals surface area contributed by atoms with Gasteiger partial charge in [-0.15, -0.1) is 0 Å². The highest BCUT2D eigenvalue weighted by Gasteiger charge is 2.16. The summed E-state index contributed by atoms with van der Waals surface area (Å²) in [5.41, 5.74) is 4.98. The Kier molecular flexibility index (Phi) is 6.12. The van der Waals surface area contributed by atoms with Crippen LogP contribution in [0.4, 0.5) is 5.69 Å². The lowest BCUT2D eigenvalue weighted by Gasteiger charge is -2.09. The van der Waals surface area contributed by atoms with E-state index in [4.69, 9.17) is 4.74 Å². The standard InChI is InChI=1S/C26H25N3O3S/c1-4-33(30,31)28-21-12-8-19(9-13-21)26-24(17-27)23-14-10-18(11-15-25(23)29(26)2)20-6-5-7-22(16-20)32-3/h5-9,11-16,28H,4,10H2,1-3H3. The number of ether oxygens (including phenoxy) is 1. The van der Waals surface area contributed by atoms with Gasteiger partial charge in [0.05, 0.1) is 24.1 Å². The minimum absolute atomic E-state index is 0.00873. The topological polar surface area (TPSA) is 84.1 Å². The Bertz CT molecular complexity index is 1510. The van der Waals surface area contributed by atoms with Gasteiger partial charge in [0.15, 0.2) is 0 Å². The van der Waals surface area contributed by atoms with Crippen molar-refractivity contribution in [1.82, 2.24) is 4.57 Å². The van der Waals surface area contributed by atoms with Gasteiger partial charge in [-0.05, 0) is 60.4 Å². The first-order valence-corrected chi connectivity index (χ1v) is 12.3. The molecule has 0 saturated carbocycles. The van der Waals surface area contributed by atoms with E-state index >= 15 is 0 Å². The Morgan fingerprint density at radius 2 is 1.88 bits per heavy atom. The normalized spacial score (nSPS) is 13.0. The van der Waals surface area contributed by atoms with Crippen LogP contribution in [-0.2, 0) is 17.1 Å². The van der Waals surface area contributed by atoms with Crippen LogP contribution >= 0.6 is 0 Å². The Hall–Kier alpha value is -3.76. The number of nitrogens with one attached hydrogen (secondary N) is 1. The van der Waals surface area contributed by atoms with Gasteiger partial charge in [0.25, 0.3) is 0 Å². The van der Waals surface area contributed by atoms with Gasteiger partial charge in [0, 0.05) is 23.3 Å². The summed E-state index contributed by atoms with van der Waals surface area (Å²) in [4.78, 5) is 0. The first-order chi connectivity index (χ1) is 15.9. The average molecular weight is 460 g/mol. The van der Waals surface area contributed by atoms with Crippen molar-refractivity contribution in [3.63, 3.8) is 0 Å². The molecule has 0 aliphatic heterocycles. The van der Waals surface area contributed by atoms with Crippen LogP contribution in [-0.4, -0.2) is 25.8 Å². The molecule has 0 amide bonds. The zero-order valence-corrected chi connectivity index (χ0v) is 19.6. The van der Waals surface area contributed by atoms with Crippen molar-refractivity contribution >= 4 is 33.4 Å². The molecule has 4 rings (SSSR count). The van der Waals surface area contributed by atoms with Crippen molar-refractivity contribution in [2.45, 2.75) is 13.3 Å². The molecule has 0 radical (unpaired) electrons. The highest BCUT2D eigenvalue weighted by atomic mass is 32.2. The lowest BCUT2D eigenvalue weighted by Crippen LogP contribution is -2.28. The summed E-state index contributed by atoms with van der Waals surface area (Å²) >= 11 is 0. The van der Waals surface area contributed by atoms with E-state index in [2.05, 4.69) is 29.0 Å². The number of hydrogen-bond donors (Lipinski definition) is 1. The first-order valence-electron chi connectivity index (χ1n) is 10.6. The van der Waals surface area contributed by atoms with Crippen molar-refractivity contribution in [2.24, 2.45) is 7.05 Å². The number of allylic oxidation sites excluding steroid dienone is 2. The molecule has 1 heterocycles. The molecule has 168 valence electrons. The van der Waals surface area contributed by atoms with Crippen LogP contribution in [0.1, 0.15) is 24.5 Å². The molecule has 2 aromatic carbocycles. The van der Waals surface area contributed by atoms with Gasteiger partial charge >= 0.3 is 0 Å². The number of rotatable bonds is 6. The number of fused-ring (bicyclic) bond motifs is 1. The third-order valence-electron chi connectivity index (χ3n) is 5.81. The fourth-order valence-corrected chi connectivity index (χ4v) is 4.67. The number of sulfonamides is 1. The highest BCUT2D eigenvalue weighted by molar-refractivity contribution is 7.92. The van der Waals surface area contributed by atoms with E-state index in [1.54, 1.807) is 26.2 Å². The SMILES string of the molecule is CCS(=O)(=O)Nc1ccc(-c2c(C#N)c3c(n2C)=CC=C(c2cccc(OC)c2)CC=3)cc1. The maximum Gasteiger partial charge on any atom is 0.232 e. The number of nitriles is 1. The third-order valence-corrected chi connectivity index (χ3v) is 7.12. The van der Waals surface area contributed by atoms with Gasteiger partial charge in [0.1, 0.15) is 11.8 Å². The van der Waals surface area contributed by atoms with Crippen LogP contribution in [0.5, 0.6) is 5.75 Å². The van der Waals surface area contributed by atoms with Gasteiger partial charge in [0.2, 0.25) is 10.0 Å². The molecule has 0 unspecified atom stereocenters. The van der Waals surface area contributed by atoms with E-state index in [0.29, 0.717) is 17.7 Å². The average Bonchev–Trinajstić information content (AvgIpc) is 2.96. The quantitative estimate of drug-likeness (QED) is 0.613. The summed E-state index contributed by atoms with van der Waals surface area (Å²) in [6.07, 6.45) is 6.91. The maximum atomic E-state index is 11.8. The monoisotopic (exact) mass is 459 g/mol. The van der Waals surface area contributed by atoms with Crippen LogP contribution in [0, 0.1) is 11.3 Å². The van der Waals surface area contributed by atoms with Crippen LogP contribution in [0.25, 0.3) is 29.0 Å². The predicted octanol–water partition coefficient (Wildman–Crippen LogP) is 3.38. The molecule has 7 heteroatoms. The Morgan fingerprint density at radius 1 is 1.12 bits per heavy atom. The number of aromatic nitrogens is 1. The van der Waals surface area contributed by atoms with E-state index in [1.807, 2.05) is 48.0 Å². The fourth-order valence-electron chi connectivity index (χ4n) is 4.03. The van der Waals surface area contributed by atoms with Crippen LogP contribution in [0.3, 0.4) is 0 Å². The molecule has 0 atom stereocenters. The lowest BCUT2D eigenvalue weighted by molar-refractivity contribution is 0.414. The number of nitrogens with zero attached hydrogens (tertiary/aromatic N) is 2. The van der Waals surface area contributed by atoms with Crippen molar-refractivity contribution in [1.29, 1.82) is 5.26 Å². The lowest BCUT2D eigenvalue weighted by atomic mass is 10.0. The first kappa shape index (κ1) is 22.4. The van der Waals surface area contributed by atoms with E-state index in [0.717, 1.165) is 38.7 Å². The zero-order valence-electron chi connectivity index (χ0n) is 18.8. The second kappa shape index (κ2) is 9.00. The molecule has 1 N–H and O–H groups in total. The molecule has 3 aromatic rings. The van der Waals surface area contributed by atoms with Crippen LogP contribution < -0.4 is 20.0 Å². The van der Waals surface area contributed by atoms with Crippen molar-refractivity contribution in [2.75, 3.05) is 17.6 Å². The number of methoxy groups -OCH3 is 1. The van der Waals surface area contributed by atoms with Crippen molar-refractivity contribution in [3.05, 3.63) is 76.3 Å². The van der Waals surface area contributed by atoms with Crippen molar-refractivity contribution < 1.29 is 13.2 Å². The Morgan fingerprint density at radius 3 is 2.55 bits per heavy atom. The van der Waals surface area contributed by atoms with Gasteiger partial charge in [-0.1, -0.05) is 36.4 Å². The summed E-state index contributed by atoms with van der Waals surface area (Å²) < 4.78 is 33.6. The summed E-state index contributed by atoms with van der Waals surface area (Å²) in [5.74, 6) is 0.814. The molecule has 0 fully saturated rings.